The molecule has 1 aromatic rings. The number of unbranched alkanes of at least 4 members (excludes halogenated alkanes) is 1. The average molecular weight is 376 g/mol. The Morgan fingerprint density at radius 1 is 1.37 bits per heavy atom. The van der Waals surface area contributed by atoms with E-state index in [1.807, 2.05) is 24.3 Å². The molecule has 2 amide bonds. The van der Waals surface area contributed by atoms with Crippen molar-refractivity contribution in [3.05, 3.63) is 36.4 Å². The molecule has 1 aromatic carbocycles. The van der Waals surface area contributed by atoms with E-state index in [9.17, 15) is 9.59 Å². The van der Waals surface area contributed by atoms with Crippen molar-refractivity contribution >= 4 is 17.5 Å². The lowest BCUT2D eigenvalue weighted by Crippen LogP contribution is -2.29. The first-order chi connectivity index (χ1) is 12.7. The molecule has 6 nitrogen and oxygen atoms in total. The van der Waals surface area contributed by atoms with Crippen LogP contribution in [0.2, 0.25) is 0 Å². The summed E-state index contributed by atoms with van der Waals surface area (Å²) in [6.45, 7) is 6.93. The van der Waals surface area contributed by atoms with Gasteiger partial charge in [-0.05, 0) is 36.8 Å². The van der Waals surface area contributed by atoms with E-state index in [4.69, 9.17) is 15.2 Å². The first-order valence-electron chi connectivity index (χ1n) is 9.24. The number of carbonyl (C=O) groups excluding carboxylic acids is 2. The van der Waals surface area contributed by atoms with Crippen LogP contribution in [0.5, 0.6) is 5.75 Å². The lowest BCUT2D eigenvalue weighted by molar-refractivity contribution is -0.128. The number of methoxy groups -OCH3 is 1. The van der Waals surface area contributed by atoms with Crippen molar-refractivity contribution in [2.45, 2.75) is 52.6 Å². The summed E-state index contributed by atoms with van der Waals surface area (Å²) < 4.78 is 10.3. The largest absolute Gasteiger partial charge is 0.491 e. The summed E-state index contributed by atoms with van der Waals surface area (Å²) in [5.41, 5.74) is 6.14. The number of primary amides is 1. The van der Waals surface area contributed by atoms with Crippen LogP contribution in [0, 0.1) is 5.41 Å². The highest BCUT2D eigenvalue weighted by atomic mass is 16.5. The Labute approximate surface area is 162 Å². The van der Waals surface area contributed by atoms with Crippen LogP contribution in [0.4, 0.5) is 5.69 Å². The van der Waals surface area contributed by atoms with Crippen molar-refractivity contribution < 1.29 is 19.1 Å². The van der Waals surface area contributed by atoms with Crippen molar-refractivity contribution in [3.63, 3.8) is 0 Å². The molecular formula is C21H32N2O4. The Morgan fingerprint density at radius 3 is 2.70 bits per heavy atom. The average Bonchev–Trinajstić information content (AvgIpc) is 2.78. The van der Waals surface area contributed by atoms with Crippen LogP contribution < -0.4 is 15.8 Å². The molecule has 0 fully saturated rings. The number of carbonyl (C=O) groups is 2. The van der Waals surface area contributed by atoms with E-state index in [1.165, 1.54) is 7.11 Å². The fourth-order valence-corrected chi connectivity index (χ4v) is 2.40. The van der Waals surface area contributed by atoms with Gasteiger partial charge in [0.2, 0.25) is 11.8 Å². The molecule has 1 heterocycles. The maximum atomic E-state index is 11.1. The number of para-hydroxylation sites is 2. The van der Waals surface area contributed by atoms with Gasteiger partial charge in [0.1, 0.15) is 11.9 Å². The van der Waals surface area contributed by atoms with Crippen LogP contribution in [0.15, 0.2) is 36.4 Å². The molecule has 3 N–H and O–H groups in total. The van der Waals surface area contributed by atoms with Crippen LogP contribution in [-0.4, -0.2) is 31.6 Å². The molecule has 0 aliphatic carbocycles. The summed E-state index contributed by atoms with van der Waals surface area (Å²) in [4.78, 5) is 21.9. The number of benzene rings is 1. The van der Waals surface area contributed by atoms with Crippen LogP contribution >= 0.6 is 0 Å². The number of hydrogen-bond acceptors (Lipinski definition) is 4. The predicted octanol–water partition coefficient (Wildman–Crippen LogP) is 3.67. The fourth-order valence-electron chi connectivity index (χ4n) is 2.40. The summed E-state index contributed by atoms with van der Waals surface area (Å²) in [5, 5.41) is 2.76. The molecule has 0 bridgehead atoms. The second-order valence-corrected chi connectivity index (χ2v) is 7.47. The Morgan fingerprint density at radius 2 is 2.07 bits per heavy atom. The van der Waals surface area contributed by atoms with Crippen molar-refractivity contribution in [3.8, 4) is 5.75 Å². The molecule has 6 heteroatoms. The zero-order chi connectivity index (χ0) is 20.3. The third-order valence-corrected chi connectivity index (χ3v) is 3.80. The number of anilines is 1. The van der Waals surface area contributed by atoms with Gasteiger partial charge in [-0.1, -0.05) is 45.1 Å². The smallest absolute Gasteiger partial charge is 0.246 e. The molecule has 1 aliphatic heterocycles. The van der Waals surface area contributed by atoms with Gasteiger partial charge in [-0.15, -0.1) is 0 Å². The minimum Gasteiger partial charge on any atom is -0.491 e. The van der Waals surface area contributed by atoms with Gasteiger partial charge in [-0.3, -0.25) is 9.59 Å². The van der Waals surface area contributed by atoms with Crippen molar-refractivity contribution in [1.82, 2.24) is 0 Å². The van der Waals surface area contributed by atoms with Crippen LogP contribution in [0.3, 0.4) is 0 Å². The number of amides is 2. The van der Waals surface area contributed by atoms with Gasteiger partial charge in [-0.2, -0.15) is 0 Å². The van der Waals surface area contributed by atoms with E-state index < -0.39 is 6.10 Å². The minimum absolute atomic E-state index is 0.0138. The van der Waals surface area contributed by atoms with E-state index >= 15 is 0 Å². The molecule has 27 heavy (non-hydrogen) atoms. The van der Waals surface area contributed by atoms with E-state index in [1.54, 1.807) is 0 Å². The van der Waals surface area contributed by atoms with Crippen LogP contribution in [0.25, 0.3) is 0 Å². The maximum Gasteiger partial charge on any atom is 0.246 e. The second kappa shape index (κ2) is 11.4. The molecule has 0 aromatic heterocycles. The Kier molecular flexibility index (Phi) is 9.58. The molecule has 1 aliphatic rings. The van der Waals surface area contributed by atoms with Gasteiger partial charge in [0.05, 0.1) is 18.7 Å². The SMILES string of the molecule is COC(CCC/C=C/C(C)(C)C)C(N)=O.O=C1CCOc2ccccc2N1. The lowest BCUT2D eigenvalue weighted by Gasteiger charge is -2.12. The van der Waals surface area contributed by atoms with E-state index in [-0.39, 0.29) is 17.2 Å². The molecule has 0 spiro atoms. The molecule has 0 saturated heterocycles. The molecular weight excluding hydrogens is 344 g/mol. The normalized spacial score (nSPS) is 14.9. The summed E-state index contributed by atoms with van der Waals surface area (Å²) in [7, 11) is 1.51. The Balaban J connectivity index is 0.000000274. The van der Waals surface area contributed by atoms with E-state index in [2.05, 4.69) is 38.2 Å². The third kappa shape index (κ3) is 9.80. The van der Waals surface area contributed by atoms with Crippen molar-refractivity contribution in [2.24, 2.45) is 11.1 Å². The van der Waals surface area contributed by atoms with Crippen LogP contribution in [0.1, 0.15) is 46.5 Å². The number of nitrogens with one attached hydrogen (secondary N) is 1. The second-order valence-electron chi connectivity index (χ2n) is 7.47. The first-order valence-corrected chi connectivity index (χ1v) is 9.24. The Hall–Kier alpha value is -2.34. The van der Waals surface area contributed by atoms with Crippen molar-refractivity contribution in [1.29, 1.82) is 0 Å². The summed E-state index contributed by atoms with van der Waals surface area (Å²) in [6, 6.07) is 7.43. The van der Waals surface area contributed by atoms with Gasteiger partial charge in [0, 0.05) is 7.11 Å². The summed E-state index contributed by atoms with van der Waals surface area (Å²) >= 11 is 0. The molecule has 1 atom stereocenters. The van der Waals surface area contributed by atoms with Gasteiger partial charge in [-0.25, -0.2) is 0 Å². The van der Waals surface area contributed by atoms with Gasteiger partial charge >= 0.3 is 0 Å². The number of allylic oxidation sites excluding steroid dienone is 2. The standard InChI is InChI=1S/C12H23NO2.C9H9NO2/c1-12(2,3)9-7-5-6-8-10(15-4)11(13)14;11-9-5-6-12-8-4-2-1-3-7(8)10-9/h7,9-10H,5-6,8H2,1-4H3,(H2,13,14);1-4H,5-6H2,(H,10,11)/b9-7+;. The molecule has 1 unspecified atom stereocenters. The molecule has 2 rings (SSSR count). The van der Waals surface area contributed by atoms with E-state index in [0.717, 1.165) is 24.3 Å². The number of ether oxygens (including phenoxy) is 2. The zero-order valence-electron chi connectivity index (χ0n) is 16.8. The first kappa shape index (κ1) is 22.7. The lowest BCUT2D eigenvalue weighted by atomic mass is 9.95. The van der Waals surface area contributed by atoms with Gasteiger partial charge < -0.3 is 20.5 Å². The zero-order valence-corrected chi connectivity index (χ0v) is 16.8. The molecule has 150 valence electrons. The maximum absolute atomic E-state index is 11.1. The van der Waals surface area contributed by atoms with Crippen molar-refractivity contribution in [2.75, 3.05) is 19.0 Å². The molecule has 0 saturated carbocycles. The number of nitrogens with two attached hydrogens (primary N) is 1. The third-order valence-electron chi connectivity index (χ3n) is 3.80. The van der Waals surface area contributed by atoms with E-state index in [0.29, 0.717) is 19.4 Å². The highest BCUT2D eigenvalue weighted by molar-refractivity contribution is 5.92. The number of hydrogen-bond donors (Lipinski definition) is 2. The monoisotopic (exact) mass is 376 g/mol. The predicted molar refractivity (Wildman–Crippen MR) is 108 cm³/mol. The summed E-state index contributed by atoms with van der Waals surface area (Å²) in [5.74, 6) is 0.389. The van der Waals surface area contributed by atoms with Gasteiger partial charge in [0.25, 0.3) is 0 Å². The fraction of sp³-hybridized carbons (Fsp3) is 0.524. The minimum atomic E-state index is -0.437. The quantitative estimate of drug-likeness (QED) is 0.585. The number of fused-ring (bicyclic) bond motifs is 1. The Bertz CT molecular complexity index is 635. The topological polar surface area (TPSA) is 90.7 Å². The highest BCUT2D eigenvalue weighted by Gasteiger charge is 2.13. The highest BCUT2D eigenvalue weighted by Crippen LogP contribution is 2.25. The molecule has 0 radical (unpaired) electrons. The van der Waals surface area contributed by atoms with Crippen LogP contribution in [-0.2, 0) is 14.3 Å². The summed E-state index contributed by atoms with van der Waals surface area (Å²) in [6.07, 6.45) is 6.90. The number of rotatable bonds is 6. The van der Waals surface area contributed by atoms with Gasteiger partial charge in [0.15, 0.2) is 0 Å².